The van der Waals surface area contributed by atoms with Gasteiger partial charge in [-0.2, -0.15) is 13.2 Å². The van der Waals surface area contributed by atoms with E-state index < -0.39 is 53.6 Å². The van der Waals surface area contributed by atoms with Gasteiger partial charge in [-0.25, -0.2) is 13.2 Å². The molecular weight excluding hydrogens is 408 g/mol. The van der Waals surface area contributed by atoms with Gasteiger partial charge in [0.15, 0.2) is 11.6 Å². The van der Waals surface area contributed by atoms with Crippen molar-refractivity contribution in [3.05, 3.63) is 76.2 Å². The molecule has 0 aliphatic heterocycles. The summed E-state index contributed by atoms with van der Waals surface area (Å²) in [6.45, 7) is 3.72. The third-order valence-corrected chi connectivity index (χ3v) is 4.80. The number of anilines is 1. The van der Waals surface area contributed by atoms with Crippen LogP contribution in [0.1, 0.15) is 17.0 Å². The fraction of sp³-hybridized carbons (Fsp3) is 0.263. The van der Waals surface area contributed by atoms with E-state index >= 15 is 0 Å². The van der Waals surface area contributed by atoms with Crippen molar-refractivity contribution in [1.82, 2.24) is 0 Å². The molecule has 1 aliphatic carbocycles. The van der Waals surface area contributed by atoms with E-state index in [4.69, 9.17) is 11.6 Å². The van der Waals surface area contributed by atoms with Crippen LogP contribution in [-0.2, 0) is 6.42 Å². The Kier molecular flexibility index (Phi) is 5.38. The minimum atomic E-state index is -4.71. The van der Waals surface area contributed by atoms with Gasteiger partial charge in [-0.05, 0) is 23.8 Å². The van der Waals surface area contributed by atoms with Gasteiger partial charge >= 0.3 is 6.18 Å². The zero-order chi connectivity index (χ0) is 20.8. The molecule has 28 heavy (non-hydrogen) atoms. The Bertz CT molecular complexity index is 929. The predicted octanol–water partition coefficient (Wildman–Crippen LogP) is 5.56. The topological polar surface area (TPSA) is 32.3 Å². The predicted molar refractivity (Wildman–Crippen MR) is 92.5 cm³/mol. The van der Waals surface area contributed by atoms with Gasteiger partial charge < -0.3 is 10.4 Å². The molecule has 2 aromatic carbocycles. The molecule has 0 spiro atoms. The van der Waals surface area contributed by atoms with Gasteiger partial charge in [0.25, 0.3) is 0 Å². The second kappa shape index (κ2) is 7.33. The summed E-state index contributed by atoms with van der Waals surface area (Å²) in [4.78, 5) is 0. The lowest BCUT2D eigenvalue weighted by atomic mass is 10.1. The van der Waals surface area contributed by atoms with E-state index in [9.17, 15) is 31.4 Å². The van der Waals surface area contributed by atoms with E-state index in [2.05, 4.69) is 11.9 Å². The first kappa shape index (κ1) is 20.5. The van der Waals surface area contributed by atoms with Crippen molar-refractivity contribution in [3.8, 4) is 0 Å². The number of hydrogen-bond donors (Lipinski definition) is 2. The van der Waals surface area contributed by atoms with Crippen molar-refractivity contribution in [2.75, 3.05) is 5.32 Å². The molecule has 1 fully saturated rings. The van der Waals surface area contributed by atoms with Gasteiger partial charge in [-0.3, -0.25) is 0 Å². The Morgan fingerprint density at radius 1 is 1.11 bits per heavy atom. The Hall–Kier alpha value is -2.19. The average molecular weight is 422 g/mol. The Morgan fingerprint density at radius 3 is 2.39 bits per heavy atom. The number of benzene rings is 2. The summed E-state index contributed by atoms with van der Waals surface area (Å²) in [5.41, 5.74) is -0.226. The summed E-state index contributed by atoms with van der Waals surface area (Å²) in [6.07, 6.45) is -7.22. The van der Waals surface area contributed by atoms with Crippen molar-refractivity contribution in [1.29, 1.82) is 0 Å². The third kappa shape index (κ3) is 4.28. The van der Waals surface area contributed by atoms with Crippen LogP contribution in [0.15, 0.2) is 42.6 Å². The maximum Gasteiger partial charge on any atom is 0.393 e. The highest BCUT2D eigenvalue weighted by Gasteiger charge is 2.52. The summed E-state index contributed by atoms with van der Waals surface area (Å²) in [5, 5.41) is 12.6. The first-order valence-electron chi connectivity index (χ1n) is 8.11. The first-order valence-corrected chi connectivity index (χ1v) is 8.49. The molecule has 2 nitrogen and oxygen atoms in total. The monoisotopic (exact) mass is 421 g/mol. The zero-order valence-corrected chi connectivity index (χ0v) is 14.9. The first-order chi connectivity index (χ1) is 13.0. The van der Waals surface area contributed by atoms with Gasteiger partial charge in [0.1, 0.15) is 5.82 Å². The molecule has 150 valence electrons. The van der Waals surface area contributed by atoms with Crippen LogP contribution in [0.2, 0.25) is 5.02 Å². The second-order valence-corrected chi connectivity index (χ2v) is 7.00. The molecule has 1 aliphatic rings. The number of halogens is 7. The maximum absolute atomic E-state index is 13.7. The largest absolute Gasteiger partial charge is 0.393 e. The van der Waals surface area contributed by atoms with Crippen molar-refractivity contribution in [2.24, 2.45) is 5.92 Å². The summed E-state index contributed by atoms with van der Waals surface area (Å²) < 4.78 is 78.2. The Labute approximate surface area is 161 Å². The molecule has 3 rings (SSSR count). The number of rotatable bonds is 5. The number of aliphatic hydroxyl groups is 1. The summed E-state index contributed by atoms with van der Waals surface area (Å²) >= 11 is 5.73. The summed E-state index contributed by atoms with van der Waals surface area (Å²) in [7, 11) is 0. The van der Waals surface area contributed by atoms with E-state index in [-0.39, 0.29) is 16.4 Å². The SMILES string of the molecule is C=C(Nc1cc(F)c(F)c(CC(F)(F)F)c1)C1C(O)C1c1ccc(F)c(Cl)c1. The minimum absolute atomic E-state index is 0.119. The van der Waals surface area contributed by atoms with Gasteiger partial charge in [0.05, 0.1) is 17.5 Å². The fourth-order valence-corrected chi connectivity index (χ4v) is 3.36. The van der Waals surface area contributed by atoms with E-state index in [1.807, 2.05) is 0 Å². The Morgan fingerprint density at radius 2 is 1.79 bits per heavy atom. The van der Waals surface area contributed by atoms with Crippen LogP contribution in [0.4, 0.5) is 32.0 Å². The molecule has 0 amide bonds. The summed E-state index contributed by atoms with van der Waals surface area (Å²) in [6, 6.07) is 5.50. The normalized spacial score (nSPS) is 21.5. The highest BCUT2D eigenvalue weighted by Crippen LogP contribution is 2.52. The van der Waals surface area contributed by atoms with Crippen LogP contribution in [-0.4, -0.2) is 17.4 Å². The van der Waals surface area contributed by atoms with Gasteiger partial charge in [0.2, 0.25) is 0 Å². The molecule has 2 aromatic rings. The van der Waals surface area contributed by atoms with Gasteiger partial charge in [-0.1, -0.05) is 24.2 Å². The van der Waals surface area contributed by atoms with Crippen LogP contribution >= 0.6 is 11.6 Å². The molecule has 0 saturated heterocycles. The van der Waals surface area contributed by atoms with Gasteiger partial charge in [-0.15, -0.1) is 0 Å². The smallest absolute Gasteiger partial charge is 0.392 e. The maximum atomic E-state index is 13.7. The molecule has 1 saturated carbocycles. The number of hydrogen-bond acceptors (Lipinski definition) is 2. The molecule has 0 bridgehead atoms. The lowest BCUT2D eigenvalue weighted by Crippen LogP contribution is -2.14. The highest BCUT2D eigenvalue weighted by atomic mass is 35.5. The highest BCUT2D eigenvalue weighted by molar-refractivity contribution is 6.30. The van der Waals surface area contributed by atoms with Crippen LogP contribution < -0.4 is 5.32 Å². The van der Waals surface area contributed by atoms with Crippen LogP contribution in [0, 0.1) is 23.4 Å². The average Bonchev–Trinajstić information content (AvgIpc) is 3.24. The molecule has 9 heteroatoms. The zero-order valence-electron chi connectivity index (χ0n) is 14.1. The van der Waals surface area contributed by atoms with Crippen LogP contribution in [0.5, 0.6) is 0 Å². The van der Waals surface area contributed by atoms with E-state index in [1.165, 1.54) is 12.1 Å². The quantitative estimate of drug-likeness (QED) is 0.619. The molecule has 0 aromatic heterocycles. The number of aliphatic hydroxyl groups excluding tert-OH is 1. The van der Waals surface area contributed by atoms with Crippen molar-refractivity contribution < 1.29 is 31.4 Å². The third-order valence-electron chi connectivity index (χ3n) is 4.51. The summed E-state index contributed by atoms with van der Waals surface area (Å²) in [5.74, 6) is -4.64. The molecule has 2 N–H and O–H groups in total. The standard InChI is InChI=1S/C19H14ClF6NO/c1-8(15-16(18(15)28)9-2-3-13(21)12(20)5-9)27-11-4-10(7-19(24,25)26)17(23)14(22)6-11/h2-6,15-16,18,27-28H,1,7H2. The Balaban J connectivity index is 1.77. The lowest BCUT2D eigenvalue weighted by molar-refractivity contribution is -0.127. The van der Waals surface area contributed by atoms with Crippen LogP contribution in [0.25, 0.3) is 0 Å². The second-order valence-electron chi connectivity index (χ2n) is 6.59. The van der Waals surface area contributed by atoms with E-state index in [0.717, 1.165) is 12.1 Å². The van der Waals surface area contributed by atoms with E-state index in [0.29, 0.717) is 11.6 Å². The molecule has 0 radical (unpaired) electrons. The number of alkyl halides is 3. The molecule has 3 unspecified atom stereocenters. The van der Waals surface area contributed by atoms with E-state index in [1.54, 1.807) is 0 Å². The minimum Gasteiger partial charge on any atom is -0.392 e. The van der Waals surface area contributed by atoms with Crippen molar-refractivity contribution in [2.45, 2.75) is 24.6 Å². The van der Waals surface area contributed by atoms with Crippen LogP contribution in [0.3, 0.4) is 0 Å². The molecule has 3 atom stereocenters. The molecular formula is C19H14ClF6NO. The fourth-order valence-electron chi connectivity index (χ4n) is 3.17. The lowest BCUT2D eigenvalue weighted by Gasteiger charge is -2.13. The van der Waals surface area contributed by atoms with Crippen molar-refractivity contribution in [3.63, 3.8) is 0 Å². The van der Waals surface area contributed by atoms with Crippen molar-refractivity contribution >= 4 is 17.3 Å². The van der Waals surface area contributed by atoms with Gasteiger partial charge in [0, 0.05) is 34.9 Å². The molecule has 0 heterocycles. The number of nitrogens with one attached hydrogen (secondary N) is 1.